The number of anilines is 1. The van der Waals surface area contributed by atoms with Crippen molar-refractivity contribution < 1.29 is 0 Å². The van der Waals surface area contributed by atoms with Gasteiger partial charge in [-0.3, -0.25) is 9.13 Å². The number of imidazole rings is 1. The Balaban J connectivity index is 1.98. The highest BCUT2D eigenvalue weighted by Gasteiger charge is 2.11. The van der Waals surface area contributed by atoms with Gasteiger partial charge in [0.2, 0.25) is 0 Å². The predicted molar refractivity (Wildman–Crippen MR) is 89.7 cm³/mol. The molecule has 0 radical (unpaired) electrons. The number of benzene rings is 1. The van der Waals surface area contributed by atoms with E-state index in [0.717, 1.165) is 41.9 Å². The van der Waals surface area contributed by atoms with E-state index in [1.54, 1.807) is 22.4 Å². The minimum absolute atomic E-state index is 0.0605. The van der Waals surface area contributed by atoms with Crippen LogP contribution in [0.25, 0.3) is 16.7 Å². The van der Waals surface area contributed by atoms with Crippen LogP contribution in [-0.4, -0.2) is 20.7 Å². The van der Waals surface area contributed by atoms with Crippen LogP contribution in [-0.2, 0) is 7.05 Å². The quantitative estimate of drug-likeness (QED) is 0.737. The van der Waals surface area contributed by atoms with Crippen molar-refractivity contribution in [1.29, 1.82) is 0 Å². The summed E-state index contributed by atoms with van der Waals surface area (Å²) in [5, 5.41) is 3.28. The van der Waals surface area contributed by atoms with E-state index < -0.39 is 0 Å². The predicted octanol–water partition coefficient (Wildman–Crippen LogP) is 2.94. The number of unbranched alkanes of at least 4 members (excludes halogenated alkanes) is 1. The van der Waals surface area contributed by atoms with Gasteiger partial charge in [-0.05, 0) is 30.7 Å². The standard InChI is InChI=1S/C17H20N4O/c1-3-4-11-18-16-10-9-13(12-19-16)21-15-8-6-5-7-14(15)20(2)17(21)22/h5-10,12H,3-4,11H2,1-2H3,(H,18,19). The smallest absolute Gasteiger partial charge is 0.333 e. The van der Waals surface area contributed by atoms with Gasteiger partial charge in [0.1, 0.15) is 5.82 Å². The number of pyridine rings is 1. The fraction of sp³-hybridized carbons (Fsp3) is 0.294. The zero-order chi connectivity index (χ0) is 15.5. The van der Waals surface area contributed by atoms with Crippen molar-refractivity contribution >= 4 is 16.9 Å². The molecule has 0 fully saturated rings. The molecular weight excluding hydrogens is 276 g/mol. The zero-order valence-corrected chi connectivity index (χ0v) is 12.9. The van der Waals surface area contributed by atoms with Crippen LogP contribution in [0.1, 0.15) is 19.8 Å². The summed E-state index contributed by atoms with van der Waals surface area (Å²) in [6, 6.07) is 11.6. The van der Waals surface area contributed by atoms with Crippen molar-refractivity contribution in [3.8, 4) is 5.69 Å². The minimum atomic E-state index is -0.0605. The van der Waals surface area contributed by atoms with E-state index in [0.29, 0.717) is 0 Å². The van der Waals surface area contributed by atoms with Crippen LogP contribution in [0.4, 0.5) is 5.82 Å². The van der Waals surface area contributed by atoms with Crippen molar-refractivity contribution in [3.63, 3.8) is 0 Å². The average Bonchev–Trinajstić information content (AvgIpc) is 2.81. The molecule has 0 unspecified atom stereocenters. The molecule has 0 bridgehead atoms. The maximum absolute atomic E-state index is 12.5. The van der Waals surface area contributed by atoms with Gasteiger partial charge in [-0.25, -0.2) is 9.78 Å². The van der Waals surface area contributed by atoms with E-state index in [-0.39, 0.29) is 5.69 Å². The summed E-state index contributed by atoms with van der Waals surface area (Å²) in [5.74, 6) is 0.838. The number of hydrogen-bond acceptors (Lipinski definition) is 3. The second-order valence-electron chi connectivity index (χ2n) is 5.35. The lowest BCUT2D eigenvalue weighted by molar-refractivity contribution is 0.829. The maximum Gasteiger partial charge on any atom is 0.333 e. The normalized spacial score (nSPS) is 11.0. The molecule has 5 heteroatoms. The summed E-state index contributed by atoms with van der Waals surface area (Å²) in [6.07, 6.45) is 4.00. The lowest BCUT2D eigenvalue weighted by Crippen LogP contribution is -2.21. The van der Waals surface area contributed by atoms with E-state index in [9.17, 15) is 4.79 Å². The Morgan fingerprint density at radius 3 is 2.59 bits per heavy atom. The Kier molecular flexibility index (Phi) is 3.96. The largest absolute Gasteiger partial charge is 0.370 e. The van der Waals surface area contributed by atoms with E-state index in [1.807, 2.05) is 36.4 Å². The molecule has 114 valence electrons. The Labute approximate surface area is 129 Å². The van der Waals surface area contributed by atoms with Gasteiger partial charge in [0.25, 0.3) is 0 Å². The van der Waals surface area contributed by atoms with Gasteiger partial charge in [-0.2, -0.15) is 0 Å². The second-order valence-corrected chi connectivity index (χ2v) is 5.35. The van der Waals surface area contributed by atoms with Gasteiger partial charge in [0.15, 0.2) is 0 Å². The van der Waals surface area contributed by atoms with Crippen LogP contribution in [0, 0.1) is 0 Å². The van der Waals surface area contributed by atoms with E-state index >= 15 is 0 Å². The van der Waals surface area contributed by atoms with Crippen molar-refractivity contribution in [1.82, 2.24) is 14.1 Å². The SMILES string of the molecule is CCCCNc1ccc(-n2c(=O)n(C)c3ccccc32)cn1. The molecular formula is C17H20N4O. The number of aromatic nitrogens is 3. The lowest BCUT2D eigenvalue weighted by atomic mass is 10.3. The molecule has 2 aromatic heterocycles. The minimum Gasteiger partial charge on any atom is -0.370 e. The number of fused-ring (bicyclic) bond motifs is 1. The summed E-state index contributed by atoms with van der Waals surface area (Å²) in [7, 11) is 1.79. The van der Waals surface area contributed by atoms with Crippen LogP contribution in [0.2, 0.25) is 0 Å². The van der Waals surface area contributed by atoms with E-state index in [4.69, 9.17) is 0 Å². The highest BCUT2D eigenvalue weighted by atomic mass is 16.1. The van der Waals surface area contributed by atoms with Crippen LogP contribution in [0.15, 0.2) is 47.4 Å². The summed E-state index contributed by atoms with van der Waals surface area (Å²) >= 11 is 0. The summed E-state index contributed by atoms with van der Waals surface area (Å²) in [5.41, 5.74) is 2.53. The first-order valence-corrected chi connectivity index (χ1v) is 7.59. The Hall–Kier alpha value is -2.56. The van der Waals surface area contributed by atoms with E-state index in [1.165, 1.54) is 0 Å². The molecule has 1 aromatic carbocycles. The Bertz CT molecular complexity index is 830. The Morgan fingerprint density at radius 1 is 1.14 bits per heavy atom. The van der Waals surface area contributed by atoms with Gasteiger partial charge in [-0.1, -0.05) is 25.5 Å². The van der Waals surface area contributed by atoms with Gasteiger partial charge in [-0.15, -0.1) is 0 Å². The summed E-state index contributed by atoms with van der Waals surface area (Å²) in [6.45, 7) is 3.07. The Morgan fingerprint density at radius 2 is 1.91 bits per heavy atom. The number of para-hydroxylation sites is 2. The van der Waals surface area contributed by atoms with Gasteiger partial charge in [0, 0.05) is 13.6 Å². The van der Waals surface area contributed by atoms with Crippen molar-refractivity contribution in [3.05, 3.63) is 53.1 Å². The highest BCUT2D eigenvalue weighted by Crippen LogP contribution is 2.17. The van der Waals surface area contributed by atoms with Crippen molar-refractivity contribution in [2.24, 2.45) is 7.05 Å². The third-order valence-corrected chi connectivity index (χ3v) is 3.80. The number of hydrogen-bond donors (Lipinski definition) is 1. The first kappa shape index (κ1) is 14.4. The van der Waals surface area contributed by atoms with Gasteiger partial charge < -0.3 is 5.32 Å². The van der Waals surface area contributed by atoms with Crippen LogP contribution in [0.3, 0.4) is 0 Å². The van der Waals surface area contributed by atoms with Crippen molar-refractivity contribution in [2.75, 3.05) is 11.9 Å². The molecule has 1 N–H and O–H groups in total. The lowest BCUT2D eigenvalue weighted by Gasteiger charge is -2.06. The summed E-state index contributed by atoms with van der Waals surface area (Å²) in [4.78, 5) is 16.9. The maximum atomic E-state index is 12.5. The third kappa shape index (κ3) is 2.50. The number of aryl methyl sites for hydroxylation is 1. The molecule has 0 aliphatic carbocycles. The van der Waals surface area contributed by atoms with Crippen LogP contribution < -0.4 is 11.0 Å². The molecule has 0 amide bonds. The first-order chi connectivity index (χ1) is 10.7. The average molecular weight is 296 g/mol. The second kappa shape index (κ2) is 6.05. The molecule has 22 heavy (non-hydrogen) atoms. The fourth-order valence-corrected chi connectivity index (χ4v) is 2.56. The van der Waals surface area contributed by atoms with Gasteiger partial charge in [0.05, 0.1) is 22.9 Å². The van der Waals surface area contributed by atoms with Gasteiger partial charge >= 0.3 is 5.69 Å². The molecule has 0 saturated carbocycles. The monoisotopic (exact) mass is 296 g/mol. The van der Waals surface area contributed by atoms with Crippen LogP contribution in [0.5, 0.6) is 0 Å². The fourth-order valence-electron chi connectivity index (χ4n) is 2.56. The first-order valence-electron chi connectivity index (χ1n) is 7.59. The molecule has 0 spiro atoms. The molecule has 2 heterocycles. The molecule has 0 aliphatic rings. The number of nitrogens with one attached hydrogen (secondary N) is 1. The topological polar surface area (TPSA) is 51.9 Å². The molecule has 3 aromatic rings. The number of rotatable bonds is 5. The van der Waals surface area contributed by atoms with Crippen LogP contribution >= 0.6 is 0 Å². The van der Waals surface area contributed by atoms with Crippen molar-refractivity contribution in [2.45, 2.75) is 19.8 Å². The molecule has 3 rings (SSSR count). The van der Waals surface area contributed by atoms with E-state index in [2.05, 4.69) is 17.2 Å². The third-order valence-electron chi connectivity index (χ3n) is 3.80. The molecule has 0 saturated heterocycles. The highest BCUT2D eigenvalue weighted by molar-refractivity contribution is 5.77. The molecule has 5 nitrogen and oxygen atoms in total. The molecule has 0 atom stereocenters. The summed E-state index contributed by atoms with van der Waals surface area (Å²) < 4.78 is 3.35. The molecule has 0 aliphatic heterocycles. The zero-order valence-electron chi connectivity index (χ0n) is 12.9. The number of nitrogens with zero attached hydrogens (tertiary/aromatic N) is 3.